The Balaban J connectivity index is 2.05. The van der Waals surface area contributed by atoms with E-state index >= 15 is 0 Å². The molecule has 0 aliphatic heterocycles. The first-order valence-electron chi connectivity index (χ1n) is 6.27. The summed E-state index contributed by atoms with van der Waals surface area (Å²) < 4.78 is 1.95. The second kappa shape index (κ2) is 4.51. The van der Waals surface area contributed by atoms with Crippen molar-refractivity contribution in [1.29, 1.82) is 0 Å². The van der Waals surface area contributed by atoms with Crippen molar-refractivity contribution < 1.29 is 5.11 Å². The minimum atomic E-state index is 0.114. The molecule has 3 rings (SSSR count). The molecule has 0 aliphatic carbocycles. The zero-order valence-corrected chi connectivity index (χ0v) is 11.0. The number of rotatable bonds is 3. The lowest BCUT2D eigenvalue weighted by atomic mass is 10.1. The highest BCUT2D eigenvalue weighted by atomic mass is 16.3. The summed E-state index contributed by atoms with van der Waals surface area (Å²) in [5.41, 5.74) is 3.95. The fourth-order valence-corrected chi connectivity index (χ4v) is 2.27. The number of aliphatic hydroxyl groups is 1. The SMILES string of the molecule is Cc1nc2ccc(-c3cn(C)c(CCO)n3)cc2[nH]1. The molecule has 0 atom stereocenters. The highest BCUT2D eigenvalue weighted by molar-refractivity contribution is 5.81. The predicted octanol–water partition coefficient (Wildman–Crippen LogP) is 1.81. The normalized spacial score (nSPS) is 11.3. The van der Waals surface area contributed by atoms with Gasteiger partial charge in [0.15, 0.2) is 0 Å². The third-order valence-electron chi connectivity index (χ3n) is 3.20. The van der Waals surface area contributed by atoms with E-state index in [1.165, 1.54) is 0 Å². The van der Waals surface area contributed by atoms with Crippen molar-refractivity contribution in [3.05, 3.63) is 36.0 Å². The number of hydrogen-bond donors (Lipinski definition) is 2. The number of fused-ring (bicyclic) bond motifs is 1. The van der Waals surface area contributed by atoms with E-state index in [1.807, 2.05) is 36.9 Å². The predicted molar refractivity (Wildman–Crippen MR) is 73.8 cm³/mol. The fraction of sp³-hybridized carbons (Fsp3) is 0.286. The maximum Gasteiger partial charge on any atom is 0.111 e. The monoisotopic (exact) mass is 256 g/mol. The molecule has 19 heavy (non-hydrogen) atoms. The van der Waals surface area contributed by atoms with Gasteiger partial charge >= 0.3 is 0 Å². The summed E-state index contributed by atoms with van der Waals surface area (Å²) in [6.45, 7) is 2.06. The fourth-order valence-electron chi connectivity index (χ4n) is 2.27. The van der Waals surface area contributed by atoms with Gasteiger partial charge in [0.1, 0.15) is 11.6 Å². The number of H-pyrrole nitrogens is 1. The molecule has 0 saturated carbocycles. The molecular weight excluding hydrogens is 240 g/mol. The summed E-state index contributed by atoms with van der Waals surface area (Å²) in [6.07, 6.45) is 2.55. The Hall–Kier alpha value is -2.14. The molecule has 0 saturated heterocycles. The molecular formula is C14H16N4O. The summed E-state index contributed by atoms with van der Waals surface area (Å²) in [4.78, 5) is 12.2. The van der Waals surface area contributed by atoms with Crippen LogP contribution in [0.4, 0.5) is 0 Å². The smallest absolute Gasteiger partial charge is 0.111 e. The van der Waals surface area contributed by atoms with Crippen LogP contribution in [0.2, 0.25) is 0 Å². The lowest BCUT2D eigenvalue weighted by molar-refractivity contribution is 0.295. The van der Waals surface area contributed by atoms with Crippen LogP contribution < -0.4 is 0 Å². The van der Waals surface area contributed by atoms with Crippen molar-refractivity contribution in [2.45, 2.75) is 13.3 Å². The summed E-state index contributed by atoms with van der Waals surface area (Å²) >= 11 is 0. The number of aromatic nitrogens is 4. The first-order chi connectivity index (χ1) is 9.17. The number of aryl methyl sites for hydroxylation is 2. The van der Waals surface area contributed by atoms with Crippen molar-refractivity contribution in [2.24, 2.45) is 7.05 Å². The van der Waals surface area contributed by atoms with Crippen LogP contribution in [-0.2, 0) is 13.5 Å². The number of nitrogens with zero attached hydrogens (tertiary/aromatic N) is 3. The molecule has 5 heteroatoms. The average Bonchev–Trinajstić information content (AvgIpc) is 2.91. The van der Waals surface area contributed by atoms with E-state index in [2.05, 4.69) is 21.0 Å². The van der Waals surface area contributed by atoms with Gasteiger partial charge in [-0.05, 0) is 19.1 Å². The van der Waals surface area contributed by atoms with Crippen molar-refractivity contribution in [3.8, 4) is 11.3 Å². The van der Waals surface area contributed by atoms with Crippen LogP contribution in [0.25, 0.3) is 22.3 Å². The molecule has 2 aromatic heterocycles. The lowest BCUT2D eigenvalue weighted by Crippen LogP contribution is -1.99. The van der Waals surface area contributed by atoms with Crippen molar-refractivity contribution >= 4 is 11.0 Å². The molecule has 3 aromatic rings. The Morgan fingerprint density at radius 2 is 2.16 bits per heavy atom. The molecule has 0 unspecified atom stereocenters. The molecule has 0 aliphatic rings. The van der Waals surface area contributed by atoms with Gasteiger partial charge in [-0.15, -0.1) is 0 Å². The molecule has 98 valence electrons. The van der Waals surface area contributed by atoms with E-state index in [4.69, 9.17) is 5.11 Å². The zero-order chi connectivity index (χ0) is 13.4. The van der Waals surface area contributed by atoms with Gasteiger partial charge in [0.2, 0.25) is 0 Å². The molecule has 0 radical (unpaired) electrons. The quantitative estimate of drug-likeness (QED) is 0.751. The topological polar surface area (TPSA) is 66.7 Å². The van der Waals surface area contributed by atoms with Gasteiger partial charge in [0.25, 0.3) is 0 Å². The highest BCUT2D eigenvalue weighted by Crippen LogP contribution is 2.22. The third kappa shape index (κ3) is 2.13. The first kappa shape index (κ1) is 11.9. The van der Waals surface area contributed by atoms with Crippen LogP contribution in [0.15, 0.2) is 24.4 Å². The number of aromatic amines is 1. The van der Waals surface area contributed by atoms with Crippen molar-refractivity contribution in [3.63, 3.8) is 0 Å². The lowest BCUT2D eigenvalue weighted by Gasteiger charge is -1.96. The van der Waals surface area contributed by atoms with Crippen molar-refractivity contribution in [1.82, 2.24) is 19.5 Å². The molecule has 1 aromatic carbocycles. The molecule has 5 nitrogen and oxygen atoms in total. The Bertz CT molecular complexity index is 726. The van der Waals surface area contributed by atoms with Crippen LogP contribution in [0, 0.1) is 6.92 Å². The van der Waals surface area contributed by atoms with Crippen LogP contribution >= 0.6 is 0 Å². The molecule has 0 spiro atoms. The van der Waals surface area contributed by atoms with E-state index in [-0.39, 0.29) is 6.61 Å². The van der Waals surface area contributed by atoms with Gasteiger partial charge in [-0.1, -0.05) is 6.07 Å². The van der Waals surface area contributed by atoms with E-state index in [0.29, 0.717) is 6.42 Å². The van der Waals surface area contributed by atoms with Crippen LogP contribution in [-0.4, -0.2) is 31.2 Å². The number of benzene rings is 1. The van der Waals surface area contributed by atoms with E-state index < -0.39 is 0 Å². The van der Waals surface area contributed by atoms with Crippen molar-refractivity contribution in [2.75, 3.05) is 6.61 Å². The van der Waals surface area contributed by atoms with Crippen LogP contribution in [0.5, 0.6) is 0 Å². The molecule has 2 N–H and O–H groups in total. The Labute approximate surface area is 110 Å². The number of nitrogens with one attached hydrogen (secondary N) is 1. The van der Waals surface area contributed by atoms with E-state index in [9.17, 15) is 0 Å². The number of hydrogen-bond acceptors (Lipinski definition) is 3. The standard InChI is InChI=1S/C14H16N4O/c1-9-15-11-4-3-10(7-12(11)16-9)13-8-18(2)14(17-13)5-6-19/h3-4,7-8,19H,5-6H2,1-2H3,(H,15,16). The molecule has 0 amide bonds. The van der Waals surface area contributed by atoms with Crippen LogP contribution in [0.3, 0.4) is 0 Å². The Morgan fingerprint density at radius 3 is 2.95 bits per heavy atom. The van der Waals surface area contributed by atoms with Gasteiger partial charge < -0.3 is 14.7 Å². The van der Waals surface area contributed by atoms with E-state index in [0.717, 1.165) is 33.9 Å². The van der Waals surface area contributed by atoms with Gasteiger partial charge in [-0.3, -0.25) is 0 Å². The maximum atomic E-state index is 9.00. The summed E-state index contributed by atoms with van der Waals surface area (Å²) in [6, 6.07) is 6.07. The van der Waals surface area contributed by atoms with E-state index in [1.54, 1.807) is 0 Å². The van der Waals surface area contributed by atoms with Gasteiger partial charge in [-0.25, -0.2) is 9.97 Å². The first-order valence-corrected chi connectivity index (χ1v) is 6.27. The van der Waals surface area contributed by atoms with Gasteiger partial charge in [0, 0.05) is 25.2 Å². The molecule has 2 heterocycles. The summed E-state index contributed by atoms with van der Waals surface area (Å²) in [7, 11) is 1.94. The Morgan fingerprint density at radius 1 is 1.32 bits per heavy atom. The second-order valence-corrected chi connectivity index (χ2v) is 4.68. The number of imidazole rings is 2. The number of aliphatic hydroxyl groups excluding tert-OH is 1. The molecule has 0 fully saturated rings. The Kier molecular flexibility index (Phi) is 2.83. The zero-order valence-electron chi connectivity index (χ0n) is 11.0. The third-order valence-corrected chi connectivity index (χ3v) is 3.20. The van der Waals surface area contributed by atoms with Gasteiger partial charge in [0.05, 0.1) is 23.3 Å². The minimum absolute atomic E-state index is 0.114. The second-order valence-electron chi connectivity index (χ2n) is 4.68. The summed E-state index contributed by atoms with van der Waals surface area (Å²) in [5.74, 6) is 1.80. The largest absolute Gasteiger partial charge is 0.396 e. The van der Waals surface area contributed by atoms with Crippen LogP contribution in [0.1, 0.15) is 11.6 Å². The minimum Gasteiger partial charge on any atom is -0.396 e. The summed E-state index contributed by atoms with van der Waals surface area (Å²) in [5, 5.41) is 9.00. The maximum absolute atomic E-state index is 9.00. The average molecular weight is 256 g/mol. The highest BCUT2D eigenvalue weighted by Gasteiger charge is 2.08. The van der Waals surface area contributed by atoms with Gasteiger partial charge in [-0.2, -0.15) is 0 Å². The molecule has 0 bridgehead atoms.